The Bertz CT molecular complexity index is 632. The first-order valence-electron chi connectivity index (χ1n) is 6.46. The largest absolute Gasteiger partial charge is 0.382 e. The van der Waals surface area contributed by atoms with Crippen molar-refractivity contribution in [1.29, 1.82) is 0 Å². The van der Waals surface area contributed by atoms with Crippen molar-refractivity contribution in [3.63, 3.8) is 0 Å². The zero-order chi connectivity index (χ0) is 14.1. The van der Waals surface area contributed by atoms with E-state index in [0.29, 0.717) is 21.3 Å². The molecule has 1 aromatic heterocycles. The van der Waals surface area contributed by atoms with Crippen LogP contribution in [0.4, 0.5) is 10.9 Å². The molecule has 0 amide bonds. The smallest absolute Gasteiger partial charge is 0.206 e. The van der Waals surface area contributed by atoms with Gasteiger partial charge in [-0.05, 0) is 37.1 Å². The molecule has 0 bridgehead atoms. The normalized spacial score (nSPS) is 14.8. The van der Waals surface area contributed by atoms with Gasteiger partial charge in [-0.25, -0.2) is 4.98 Å². The summed E-state index contributed by atoms with van der Waals surface area (Å²) in [6.07, 6.45) is 2.33. The number of nitrogens with zero attached hydrogens (tertiary/aromatic N) is 2. The summed E-state index contributed by atoms with van der Waals surface area (Å²) < 4.78 is 0. The van der Waals surface area contributed by atoms with Gasteiger partial charge < -0.3 is 10.6 Å². The maximum Gasteiger partial charge on any atom is 0.206 e. The van der Waals surface area contributed by atoms with E-state index in [1.807, 2.05) is 0 Å². The predicted octanol–water partition coefficient (Wildman–Crippen LogP) is 3.21. The number of nitrogen functional groups attached to an aromatic ring is 1. The molecule has 0 saturated carbocycles. The lowest BCUT2D eigenvalue weighted by atomic mass is 10.1. The number of aromatic nitrogens is 1. The van der Waals surface area contributed by atoms with E-state index < -0.39 is 0 Å². The second-order valence-corrected chi connectivity index (χ2v) is 6.15. The third-order valence-corrected chi connectivity index (χ3v) is 4.71. The lowest BCUT2D eigenvalue weighted by molar-refractivity contribution is 0.104. The minimum Gasteiger partial charge on any atom is -0.382 e. The number of thiazole rings is 1. The van der Waals surface area contributed by atoms with Gasteiger partial charge in [0.2, 0.25) is 5.78 Å². The van der Waals surface area contributed by atoms with Crippen LogP contribution in [0, 0.1) is 0 Å². The highest BCUT2D eigenvalue weighted by molar-refractivity contribution is 7.18. The van der Waals surface area contributed by atoms with Crippen LogP contribution < -0.4 is 10.6 Å². The van der Waals surface area contributed by atoms with Crippen molar-refractivity contribution in [2.75, 3.05) is 23.7 Å². The number of rotatable bonds is 3. The Labute approximate surface area is 126 Å². The minimum absolute atomic E-state index is 0.0953. The standard InChI is InChI=1S/C14H14ClN3OS/c15-10-5-3-9(4-6-10)11(19)12-13(16)17-14(20-12)18-7-1-2-8-18/h3-6H,1-2,7-8,16H2. The number of anilines is 2. The fraction of sp³-hybridized carbons (Fsp3) is 0.286. The molecule has 2 heterocycles. The van der Waals surface area contributed by atoms with Crippen LogP contribution in [-0.4, -0.2) is 23.9 Å². The van der Waals surface area contributed by atoms with Gasteiger partial charge in [0.1, 0.15) is 10.7 Å². The van der Waals surface area contributed by atoms with Crippen LogP contribution in [0.25, 0.3) is 0 Å². The maximum atomic E-state index is 12.4. The van der Waals surface area contributed by atoms with Gasteiger partial charge in [0.05, 0.1) is 0 Å². The molecule has 1 aromatic carbocycles. The summed E-state index contributed by atoms with van der Waals surface area (Å²) >= 11 is 7.20. The van der Waals surface area contributed by atoms with Gasteiger partial charge in [0, 0.05) is 23.7 Å². The molecular formula is C14H14ClN3OS. The van der Waals surface area contributed by atoms with E-state index in [1.165, 1.54) is 24.2 Å². The van der Waals surface area contributed by atoms with Crippen molar-refractivity contribution in [3.05, 3.63) is 39.7 Å². The van der Waals surface area contributed by atoms with Crippen molar-refractivity contribution < 1.29 is 4.79 Å². The monoisotopic (exact) mass is 307 g/mol. The molecule has 3 rings (SSSR count). The molecule has 20 heavy (non-hydrogen) atoms. The van der Waals surface area contributed by atoms with Crippen LogP contribution in [-0.2, 0) is 0 Å². The number of nitrogens with two attached hydrogens (primary N) is 1. The summed E-state index contributed by atoms with van der Waals surface area (Å²) in [5.74, 6) is 0.221. The fourth-order valence-corrected chi connectivity index (χ4v) is 3.38. The number of hydrogen-bond donors (Lipinski definition) is 1. The predicted molar refractivity (Wildman–Crippen MR) is 82.9 cm³/mol. The molecule has 104 valence electrons. The average Bonchev–Trinajstić information content (AvgIpc) is 3.08. The Hall–Kier alpha value is -1.59. The molecule has 0 radical (unpaired) electrons. The third kappa shape index (κ3) is 2.51. The van der Waals surface area contributed by atoms with E-state index in [1.54, 1.807) is 24.3 Å². The maximum absolute atomic E-state index is 12.4. The summed E-state index contributed by atoms with van der Waals surface area (Å²) in [6, 6.07) is 6.82. The minimum atomic E-state index is -0.0953. The highest BCUT2D eigenvalue weighted by Crippen LogP contribution is 2.32. The van der Waals surface area contributed by atoms with Crippen LogP contribution in [0.2, 0.25) is 5.02 Å². The van der Waals surface area contributed by atoms with E-state index in [0.717, 1.165) is 18.2 Å². The van der Waals surface area contributed by atoms with E-state index in [4.69, 9.17) is 17.3 Å². The quantitative estimate of drug-likeness (QED) is 0.885. The number of ketones is 1. The molecule has 0 unspecified atom stereocenters. The van der Waals surface area contributed by atoms with E-state index in [-0.39, 0.29) is 5.78 Å². The van der Waals surface area contributed by atoms with Crippen molar-refractivity contribution in [1.82, 2.24) is 4.98 Å². The summed E-state index contributed by atoms with van der Waals surface area (Å²) in [4.78, 5) is 19.5. The second-order valence-electron chi connectivity index (χ2n) is 4.74. The van der Waals surface area contributed by atoms with Gasteiger partial charge in [0.15, 0.2) is 5.13 Å². The number of carbonyl (C=O) groups is 1. The Morgan fingerprint density at radius 3 is 2.55 bits per heavy atom. The van der Waals surface area contributed by atoms with E-state index in [2.05, 4.69) is 9.88 Å². The van der Waals surface area contributed by atoms with Crippen molar-refractivity contribution in [3.8, 4) is 0 Å². The van der Waals surface area contributed by atoms with Crippen LogP contribution in [0.5, 0.6) is 0 Å². The van der Waals surface area contributed by atoms with Crippen LogP contribution in [0.1, 0.15) is 28.1 Å². The van der Waals surface area contributed by atoms with Crippen molar-refractivity contribution >= 4 is 39.7 Å². The second kappa shape index (κ2) is 5.42. The molecular weight excluding hydrogens is 294 g/mol. The number of carbonyl (C=O) groups excluding carboxylic acids is 1. The highest BCUT2D eigenvalue weighted by Gasteiger charge is 2.22. The Morgan fingerprint density at radius 1 is 1.25 bits per heavy atom. The molecule has 0 atom stereocenters. The molecule has 0 aliphatic carbocycles. The zero-order valence-electron chi connectivity index (χ0n) is 10.8. The number of benzene rings is 1. The van der Waals surface area contributed by atoms with Gasteiger partial charge in [-0.3, -0.25) is 4.79 Å². The summed E-state index contributed by atoms with van der Waals surface area (Å²) in [5, 5.41) is 1.45. The summed E-state index contributed by atoms with van der Waals surface area (Å²) in [7, 11) is 0. The van der Waals surface area contributed by atoms with Crippen molar-refractivity contribution in [2.45, 2.75) is 12.8 Å². The molecule has 1 aliphatic heterocycles. The van der Waals surface area contributed by atoms with Gasteiger partial charge in [0.25, 0.3) is 0 Å². The first kappa shape index (κ1) is 13.4. The fourth-order valence-electron chi connectivity index (χ4n) is 2.26. The average molecular weight is 308 g/mol. The molecule has 2 N–H and O–H groups in total. The number of hydrogen-bond acceptors (Lipinski definition) is 5. The van der Waals surface area contributed by atoms with Crippen molar-refractivity contribution in [2.24, 2.45) is 0 Å². The van der Waals surface area contributed by atoms with Crippen LogP contribution in [0.15, 0.2) is 24.3 Å². The first-order valence-corrected chi connectivity index (χ1v) is 7.66. The zero-order valence-corrected chi connectivity index (χ0v) is 12.4. The van der Waals surface area contributed by atoms with Crippen LogP contribution in [0.3, 0.4) is 0 Å². The lowest BCUT2D eigenvalue weighted by Crippen LogP contribution is -2.17. The Morgan fingerprint density at radius 2 is 1.90 bits per heavy atom. The molecule has 1 fully saturated rings. The summed E-state index contributed by atoms with van der Waals surface area (Å²) in [5.41, 5.74) is 6.48. The van der Waals surface area contributed by atoms with Crippen LogP contribution >= 0.6 is 22.9 Å². The van der Waals surface area contributed by atoms with Gasteiger partial charge in [-0.2, -0.15) is 0 Å². The molecule has 0 spiro atoms. The molecule has 6 heteroatoms. The molecule has 1 saturated heterocycles. The Balaban J connectivity index is 1.89. The summed E-state index contributed by atoms with van der Waals surface area (Å²) in [6.45, 7) is 1.98. The van der Waals surface area contributed by atoms with Gasteiger partial charge >= 0.3 is 0 Å². The molecule has 2 aromatic rings. The lowest BCUT2D eigenvalue weighted by Gasteiger charge is -2.11. The SMILES string of the molecule is Nc1nc(N2CCCC2)sc1C(=O)c1ccc(Cl)cc1. The highest BCUT2D eigenvalue weighted by atomic mass is 35.5. The molecule has 1 aliphatic rings. The first-order chi connectivity index (χ1) is 9.65. The van der Waals surface area contributed by atoms with E-state index in [9.17, 15) is 4.79 Å². The third-order valence-electron chi connectivity index (χ3n) is 3.33. The topological polar surface area (TPSA) is 59.2 Å². The van der Waals surface area contributed by atoms with Gasteiger partial charge in [-0.15, -0.1) is 0 Å². The number of halogens is 1. The Kier molecular flexibility index (Phi) is 3.63. The molecule has 4 nitrogen and oxygen atoms in total. The van der Waals surface area contributed by atoms with Gasteiger partial charge in [-0.1, -0.05) is 22.9 Å². The van der Waals surface area contributed by atoms with E-state index >= 15 is 0 Å².